The summed E-state index contributed by atoms with van der Waals surface area (Å²) in [4.78, 5) is 4.96. The lowest BCUT2D eigenvalue weighted by atomic mass is 9.85. The molecule has 3 heteroatoms. The molecule has 1 fully saturated rings. The molecule has 2 unspecified atom stereocenters. The maximum atomic E-state index is 4.96. The van der Waals surface area contributed by atoms with Crippen molar-refractivity contribution in [2.24, 2.45) is 5.92 Å². The molecule has 0 amide bonds. The maximum Gasteiger partial charge on any atom is 0.113 e. The van der Waals surface area contributed by atoms with Crippen LogP contribution >= 0.6 is 11.3 Å². The molecule has 0 bridgehead atoms. The molecule has 102 valence electrons. The van der Waals surface area contributed by atoms with Crippen LogP contribution in [0, 0.1) is 5.92 Å². The van der Waals surface area contributed by atoms with Crippen LogP contribution in [0.5, 0.6) is 0 Å². The minimum absolute atomic E-state index is 0.142. The third-order valence-electron chi connectivity index (χ3n) is 4.41. The van der Waals surface area contributed by atoms with Crippen molar-refractivity contribution < 1.29 is 0 Å². The summed E-state index contributed by atoms with van der Waals surface area (Å²) in [6.07, 6.45) is 5.13. The molecular formula is C15H26N2S. The van der Waals surface area contributed by atoms with Gasteiger partial charge >= 0.3 is 0 Å². The summed E-state index contributed by atoms with van der Waals surface area (Å²) >= 11 is 1.84. The van der Waals surface area contributed by atoms with Crippen LogP contribution in [0.2, 0.25) is 0 Å². The second-order valence-corrected chi connectivity index (χ2v) is 7.36. The highest BCUT2D eigenvalue weighted by molar-refractivity contribution is 7.09. The molecule has 1 N–H and O–H groups in total. The van der Waals surface area contributed by atoms with Crippen molar-refractivity contribution >= 4 is 11.3 Å². The molecule has 0 radical (unpaired) electrons. The molecule has 0 spiro atoms. The Balaban J connectivity index is 2.36. The van der Waals surface area contributed by atoms with Gasteiger partial charge in [-0.2, -0.15) is 0 Å². The zero-order valence-corrected chi connectivity index (χ0v) is 13.2. The van der Waals surface area contributed by atoms with Gasteiger partial charge in [0, 0.05) is 10.8 Å². The van der Waals surface area contributed by atoms with Crippen LogP contribution in [0.25, 0.3) is 0 Å². The van der Waals surface area contributed by atoms with Gasteiger partial charge in [0.25, 0.3) is 0 Å². The molecule has 1 aromatic rings. The van der Waals surface area contributed by atoms with Crippen molar-refractivity contribution in [2.45, 2.75) is 64.3 Å². The molecule has 2 rings (SSSR count). The SMILES string of the molecule is CCC1CCCC1(NC)c1nc(C(C)(C)C)cs1. The number of thiazole rings is 1. The molecule has 1 aliphatic rings. The molecular weight excluding hydrogens is 240 g/mol. The fourth-order valence-electron chi connectivity index (χ4n) is 3.17. The zero-order chi connectivity index (χ0) is 13.4. The highest BCUT2D eigenvalue weighted by Gasteiger charge is 2.44. The van der Waals surface area contributed by atoms with Crippen LogP contribution in [-0.4, -0.2) is 12.0 Å². The van der Waals surface area contributed by atoms with E-state index in [9.17, 15) is 0 Å². The van der Waals surface area contributed by atoms with E-state index >= 15 is 0 Å². The molecule has 2 nitrogen and oxygen atoms in total. The Hall–Kier alpha value is -0.410. The molecule has 1 aliphatic carbocycles. The second-order valence-electron chi connectivity index (χ2n) is 6.51. The van der Waals surface area contributed by atoms with Crippen molar-refractivity contribution in [1.29, 1.82) is 0 Å². The summed E-state index contributed by atoms with van der Waals surface area (Å²) in [7, 11) is 2.10. The van der Waals surface area contributed by atoms with E-state index in [0.717, 1.165) is 5.92 Å². The van der Waals surface area contributed by atoms with E-state index in [4.69, 9.17) is 4.98 Å². The van der Waals surface area contributed by atoms with Gasteiger partial charge in [-0.3, -0.25) is 0 Å². The van der Waals surface area contributed by atoms with E-state index in [-0.39, 0.29) is 11.0 Å². The molecule has 0 saturated heterocycles. The Morgan fingerprint density at radius 1 is 1.50 bits per heavy atom. The number of nitrogens with zero attached hydrogens (tertiary/aromatic N) is 1. The fraction of sp³-hybridized carbons (Fsp3) is 0.800. The van der Waals surface area contributed by atoms with Gasteiger partial charge < -0.3 is 5.32 Å². The van der Waals surface area contributed by atoms with Gasteiger partial charge in [0.05, 0.1) is 11.2 Å². The Morgan fingerprint density at radius 2 is 2.22 bits per heavy atom. The van der Waals surface area contributed by atoms with Crippen LogP contribution < -0.4 is 5.32 Å². The summed E-state index contributed by atoms with van der Waals surface area (Å²) in [6, 6.07) is 0. The van der Waals surface area contributed by atoms with Crippen molar-refractivity contribution in [3.8, 4) is 0 Å². The Bertz CT molecular complexity index is 405. The van der Waals surface area contributed by atoms with Crippen LogP contribution in [0.3, 0.4) is 0 Å². The Labute approximate surface area is 115 Å². The average molecular weight is 266 g/mol. The van der Waals surface area contributed by atoms with E-state index in [0.29, 0.717) is 0 Å². The second kappa shape index (κ2) is 4.93. The minimum atomic E-state index is 0.142. The lowest BCUT2D eigenvalue weighted by molar-refractivity contribution is 0.257. The van der Waals surface area contributed by atoms with Gasteiger partial charge in [0.1, 0.15) is 5.01 Å². The van der Waals surface area contributed by atoms with Gasteiger partial charge in [0.2, 0.25) is 0 Å². The molecule has 2 atom stereocenters. The maximum absolute atomic E-state index is 4.96. The lowest BCUT2D eigenvalue weighted by Gasteiger charge is -2.33. The molecule has 0 aliphatic heterocycles. The predicted octanol–water partition coefficient (Wildman–Crippen LogP) is 4.07. The minimum Gasteiger partial charge on any atom is -0.308 e. The van der Waals surface area contributed by atoms with E-state index in [1.807, 2.05) is 11.3 Å². The third kappa shape index (κ3) is 2.23. The number of hydrogen-bond donors (Lipinski definition) is 1. The Morgan fingerprint density at radius 3 is 2.72 bits per heavy atom. The van der Waals surface area contributed by atoms with Crippen LogP contribution in [0.4, 0.5) is 0 Å². The summed E-state index contributed by atoms with van der Waals surface area (Å²) in [5.41, 5.74) is 1.53. The topological polar surface area (TPSA) is 24.9 Å². The van der Waals surface area contributed by atoms with Gasteiger partial charge in [-0.15, -0.1) is 11.3 Å². The van der Waals surface area contributed by atoms with E-state index in [1.165, 1.54) is 36.4 Å². The first-order valence-corrected chi connectivity index (χ1v) is 7.97. The zero-order valence-electron chi connectivity index (χ0n) is 12.3. The van der Waals surface area contributed by atoms with Crippen LogP contribution in [0.1, 0.15) is 64.1 Å². The first-order chi connectivity index (χ1) is 8.44. The van der Waals surface area contributed by atoms with E-state index in [1.54, 1.807) is 0 Å². The van der Waals surface area contributed by atoms with Crippen molar-refractivity contribution in [3.05, 3.63) is 16.1 Å². The van der Waals surface area contributed by atoms with E-state index in [2.05, 4.69) is 45.4 Å². The third-order valence-corrected chi connectivity index (χ3v) is 5.43. The molecule has 18 heavy (non-hydrogen) atoms. The van der Waals surface area contributed by atoms with Crippen LogP contribution in [-0.2, 0) is 11.0 Å². The molecule has 1 aromatic heterocycles. The largest absolute Gasteiger partial charge is 0.308 e. The number of rotatable bonds is 3. The van der Waals surface area contributed by atoms with Gasteiger partial charge in [-0.25, -0.2) is 4.98 Å². The summed E-state index contributed by atoms with van der Waals surface area (Å²) in [6.45, 7) is 9.03. The normalized spacial score (nSPS) is 28.8. The summed E-state index contributed by atoms with van der Waals surface area (Å²) in [5.74, 6) is 0.737. The van der Waals surface area contributed by atoms with Crippen molar-refractivity contribution in [3.63, 3.8) is 0 Å². The standard InChI is InChI=1S/C15H26N2S/c1-6-11-8-7-9-15(11,16-5)13-17-12(10-18-13)14(2,3)4/h10-11,16H,6-9H2,1-5H3. The number of hydrogen-bond acceptors (Lipinski definition) is 3. The highest BCUT2D eigenvalue weighted by Crippen LogP contribution is 2.46. The monoisotopic (exact) mass is 266 g/mol. The van der Waals surface area contributed by atoms with Crippen molar-refractivity contribution in [2.75, 3.05) is 7.05 Å². The number of aromatic nitrogens is 1. The first kappa shape index (κ1) is 14.0. The molecule has 1 saturated carbocycles. The van der Waals surface area contributed by atoms with Gasteiger partial charge in [-0.1, -0.05) is 40.5 Å². The predicted molar refractivity (Wildman–Crippen MR) is 79.2 cm³/mol. The fourth-order valence-corrected chi connectivity index (χ4v) is 4.53. The van der Waals surface area contributed by atoms with Gasteiger partial charge in [-0.05, 0) is 25.8 Å². The smallest absolute Gasteiger partial charge is 0.113 e. The van der Waals surface area contributed by atoms with Gasteiger partial charge in [0.15, 0.2) is 0 Å². The molecule has 1 heterocycles. The average Bonchev–Trinajstić information content (AvgIpc) is 2.94. The van der Waals surface area contributed by atoms with Crippen LogP contribution in [0.15, 0.2) is 5.38 Å². The lowest BCUT2D eigenvalue weighted by Crippen LogP contribution is -2.43. The van der Waals surface area contributed by atoms with E-state index < -0.39 is 0 Å². The summed E-state index contributed by atoms with van der Waals surface area (Å²) in [5, 5.41) is 7.16. The first-order valence-electron chi connectivity index (χ1n) is 7.09. The Kier molecular flexibility index (Phi) is 3.84. The number of nitrogens with one attached hydrogen (secondary N) is 1. The highest BCUT2D eigenvalue weighted by atomic mass is 32.1. The summed E-state index contributed by atoms with van der Waals surface area (Å²) < 4.78 is 0. The van der Waals surface area contributed by atoms with Crippen molar-refractivity contribution in [1.82, 2.24) is 10.3 Å². The quantitative estimate of drug-likeness (QED) is 0.892. The molecule has 0 aromatic carbocycles.